The van der Waals surface area contributed by atoms with Crippen LogP contribution in [-0.2, 0) is 11.3 Å². The number of β-amino-alcohol motifs (C(OH)–C–C–N with tert-alkyl or cyclic N) is 1. The Morgan fingerprint density at radius 2 is 2.00 bits per heavy atom. The Balaban J connectivity index is 1.64. The fraction of sp³-hybridized carbons (Fsp3) is 0.625. The van der Waals surface area contributed by atoms with E-state index in [1.165, 1.54) is 5.56 Å². The lowest BCUT2D eigenvalue weighted by Gasteiger charge is -2.33. The van der Waals surface area contributed by atoms with Gasteiger partial charge in [0, 0.05) is 26.2 Å². The Kier molecular flexibility index (Phi) is 6.47. The zero-order valence-corrected chi connectivity index (χ0v) is 12.3. The van der Waals surface area contributed by atoms with Gasteiger partial charge in [-0.25, -0.2) is 0 Å². The summed E-state index contributed by atoms with van der Waals surface area (Å²) in [7, 11) is 1.63. The van der Waals surface area contributed by atoms with E-state index >= 15 is 0 Å². The number of aliphatic hydroxyl groups is 1. The molecule has 2 N–H and O–H groups in total. The largest absolute Gasteiger partial charge is 0.389 e. The third-order valence-electron chi connectivity index (χ3n) is 3.85. The number of hydrogen-bond donors (Lipinski definition) is 2. The first-order valence-electron chi connectivity index (χ1n) is 7.44. The molecule has 4 heteroatoms. The molecule has 0 unspecified atom stereocenters. The summed E-state index contributed by atoms with van der Waals surface area (Å²) in [5.74, 6) is 0. The lowest BCUT2D eigenvalue weighted by atomic mass is 10.0. The first kappa shape index (κ1) is 15.4. The zero-order chi connectivity index (χ0) is 14.2. The Labute approximate surface area is 121 Å². The number of rotatable bonds is 7. The maximum Gasteiger partial charge on any atom is 0.0900 e. The molecule has 0 radical (unpaired) electrons. The molecule has 1 aliphatic heterocycles. The molecular weight excluding hydrogens is 252 g/mol. The van der Waals surface area contributed by atoms with E-state index in [9.17, 15) is 5.11 Å². The van der Waals surface area contributed by atoms with Crippen LogP contribution in [0.25, 0.3) is 0 Å². The first-order chi connectivity index (χ1) is 9.78. The topological polar surface area (TPSA) is 44.7 Å². The highest BCUT2D eigenvalue weighted by atomic mass is 16.5. The second kappa shape index (κ2) is 8.37. The third-order valence-corrected chi connectivity index (χ3v) is 3.85. The van der Waals surface area contributed by atoms with Crippen molar-refractivity contribution in [3.05, 3.63) is 35.9 Å². The standard InChI is InChI=1S/C16H26N2O2/c1-20-13-16(19)12-18-9-7-15(8-10-18)17-11-14-5-3-2-4-6-14/h2-6,15-17,19H,7-13H2,1H3/t16-/m0/s1. The van der Waals surface area contributed by atoms with Crippen LogP contribution in [0.1, 0.15) is 18.4 Å². The highest BCUT2D eigenvalue weighted by molar-refractivity contribution is 5.14. The molecule has 0 bridgehead atoms. The molecular formula is C16H26N2O2. The molecule has 0 amide bonds. The number of nitrogens with one attached hydrogen (secondary N) is 1. The van der Waals surface area contributed by atoms with Gasteiger partial charge in [-0.3, -0.25) is 0 Å². The Morgan fingerprint density at radius 1 is 1.30 bits per heavy atom. The van der Waals surface area contributed by atoms with Gasteiger partial charge in [0.05, 0.1) is 12.7 Å². The molecule has 20 heavy (non-hydrogen) atoms. The molecule has 1 atom stereocenters. The van der Waals surface area contributed by atoms with Crippen molar-refractivity contribution in [3.8, 4) is 0 Å². The Hall–Kier alpha value is -0.940. The van der Waals surface area contributed by atoms with Crippen molar-refractivity contribution in [2.24, 2.45) is 0 Å². The van der Waals surface area contributed by atoms with Crippen LogP contribution < -0.4 is 5.32 Å². The molecule has 1 saturated heterocycles. The molecule has 0 aliphatic carbocycles. The number of hydrogen-bond acceptors (Lipinski definition) is 4. The normalized spacial score (nSPS) is 19.1. The predicted molar refractivity (Wildman–Crippen MR) is 80.6 cm³/mol. The second-order valence-corrected chi connectivity index (χ2v) is 5.55. The van der Waals surface area contributed by atoms with Gasteiger partial charge < -0.3 is 20.1 Å². The molecule has 1 aliphatic rings. The number of piperidine rings is 1. The minimum atomic E-state index is -0.367. The number of methoxy groups -OCH3 is 1. The molecule has 0 spiro atoms. The highest BCUT2D eigenvalue weighted by Gasteiger charge is 2.20. The molecule has 0 saturated carbocycles. The smallest absolute Gasteiger partial charge is 0.0900 e. The molecule has 2 rings (SSSR count). The van der Waals surface area contributed by atoms with Crippen LogP contribution in [0.3, 0.4) is 0 Å². The summed E-state index contributed by atoms with van der Waals surface area (Å²) in [6.45, 7) is 4.18. The maximum atomic E-state index is 9.74. The van der Waals surface area contributed by atoms with E-state index in [0.717, 1.165) is 39.0 Å². The first-order valence-corrected chi connectivity index (χ1v) is 7.44. The second-order valence-electron chi connectivity index (χ2n) is 5.55. The number of benzene rings is 1. The molecule has 112 valence electrons. The SMILES string of the molecule is COC[C@@H](O)CN1CCC(NCc2ccccc2)CC1. The van der Waals surface area contributed by atoms with E-state index in [0.29, 0.717) is 12.6 Å². The fourth-order valence-electron chi connectivity index (χ4n) is 2.72. The summed E-state index contributed by atoms with van der Waals surface area (Å²) in [4.78, 5) is 2.32. The van der Waals surface area contributed by atoms with Crippen molar-refractivity contribution in [2.45, 2.75) is 31.5 Å². The lowest BCUT2D eigenvalue weighted by Crippen LogP contribution is -2.45. The highest BCUT2D eigenvalue weighted by Crippen LogP contribution is 2.11. The monoisotopic (exact) mass is 278 g/mol. The van der Waals surface area contributed by atoms with Gasteiger partial charge in [0.25, 0.3) is 0 Å². The van der Waals surface area contributed by atoms with Crippen molar-refractivity contribution in [3.63, 3.8) is 0 Å². The summed E-state index contributed by atoms with van der Waals surface area (Å²) in [6, 6.07) is 11.1. The van der Waals surface area contributed by atoms with Gasteiger partial charge in [0.2, 0.25) is 0 Å². The quantitative estimate of drug-likeness (QED) is 0.788. The summed E-state index contributed by atoms with van der Waals surface area (Å²) < 4.78 is 4.96. The van der Waals surface area contributed by atoms with Gasteiger partial charge in [-0.2, -0.15) is 0 Å². The van der Waals surface area contributed by atoms with Crippen molar-refractivity contribution >= 4 is 0 Å². The van der Waals surface area contributed by atoms with Crippen LogP contribution in [0.2, 0.25) is 0 Å². The van der Waals surface area contributed by atoms with Crippen LogP contribution in [0.5, 0.6) is 0 Å². The van der Waals surface area contributed by atoms with Crippen LogP contribution in [0.15, 0.2) is 30.3 Å². The van der Waals surface area contributed by atoms with Gasteiger partial charge in [-0.1, -0.05) is 30.3 Å². The van der Waals surface area contributed by atoms with Gasteiger partial charge >= 0.3 is 0 Å². The number of nitrogens with zero attached hydrogens (tertiary/aromatic N) is 1. The van der Waals surface area contributed by atoms with Gasteiger partial charge in [0.1, 0.15) is 0 Å². The van der Waals surface area contributed by atoms with Crippen molar-refractivity contribution in [1.29, 1.82) is 0 Å². The fourth-order valence-corrected chi connectivity index (χ4v) is 2.72. The van der Waals surface area contributed by atoms with E-state index in [2.05, 4.69) is 34.5 Å². The molecule has 1 aromatic rings. The molecule has 1 fully saturated rings. The summed E-state index contributed by atoms with van der Waals surface area (Å²) in [5.41, 5.74) is 1.34. The van der Waals surface area contributed by atoms with Crippen molar-refractivity contribution in [1.82, 2.24) is 10.2 Å². The maximum absolute atomic E-state index is 9.74. The molecule has 1 heterocycles. The van der Waals surface area contributed by atoms with E-state index < -0.39 is 0 Å². The van der Waals surface area contributed by atoms with Crippen LogP contribution in [0.4, 0.5) is 0 Å². The van der Waals surface area contributed by atoms with Gasteiger partial charge in [-0.05, 0) is 31.5 Å². The molecule has 1 aromatic carbocycles. The van der Waals surface area contributed by atoms with E-state index in [-0.39, 0.29) is 6.10 Å². The minimum Gasteiger partial charge on any atom is -0.389 e. The van der Waals surface area contributed by atoms with Crippen LogP contribution in [-0.4, -0.2) is 55.5 Å². The summed E-state index contributed by atoms with van der Waals surface area (Å²) >= 11 is 0. The van der Waals surface area contributed by atoms with Gasteiger partial charge in [-0.15, -0.1) is 0 Å². The summed E-state index contributed by atoms with van der Waals surface area (Å²) in [5, 5.41) is 13.4. The van der Waals surface area contributed by atoms with E-state index in [4.69, 9.17) is 4.74 Å². The lowest BCUT2D eigenvalue weighted by molar-refractivity contribution is 0.0310. The Bertz CT molecular complexity index is 364. The van der Waals surface area contributed by atoms with Crippen LogP contribution in [0, 0.1) is 0 Å². The minimum absolute atomic E-state index is 0.367. The predicted octanol–water partition coefficient (Wildman–Crippen LogP) is 1.25. The van der Waals surface area contributed by atoms with Crippen molar-refractivity contribution < 1.29 is 9.84 Å². The molecule has 0 aromatic heterocycles. The van der Waals surface area contributed by atoms with E-state index in [1.807, 2.05) is 6.07 Å². The third kappa shape index (κ3) is 5.21. The number of ether oxygens (including phenoxy) is 1. The average Bonchev–Trinajstić information content (AvgIpc) is 2.48. The number of likely N-dealkylation sites (tertiary alicyclic amines) is 1. The number of aliphatic hydroxyl groups excluding tert-OH is 1. The van der Waals surface area contributed by atoms with Crippen LogP contribution >= 0.6 is 0 Å². The Morgan fingerprint density at radius 3 is 2.65 bits per heavy atom. The van der Waals surface area contributed by atoms with E-state index in [1.54, 1.807) is 7.11 Å². The summed E-state index contributed by atoms with van der Waals surface area (Å²) in [6.07, 6.45) is 1.92. The van der Waals surface area contributed by atoms with Crippen molar-refractivity contribution in [2.75, 3.05) is 33.4 Å². The zero-order valence-electron chi connectivity index (χ0n) is 12.3. The van der Waals surface area contributed by atoms with Gasteiger partial charge in [0.15, 0.2) is 0 Å². The average molecular weight is 278 g/mol. The molecule has 4 nitrogen and oxygen atoms in total.